The maximum Gasteiger partial charge on any atom is 0.0395 e. The normalized spacial score (nSPS) is 15.6. The topological polar surface area (TPSA) is 26.0 Å². The van der Waals surface area contributed by atoms with Crippen LogP contribution in [0.1, 0.15) is 24.5 Å². The summed E-state index contributed by atoms with van der Waals surface area (Å²) in [5, 5.41) is 13.2. The molecule has 0 bridgehead atoms. The Morgan fingerprint density at radius 1 is 0.641 bits per heavy atom. The van der Waals surface area contributed by atoms with Gasteiger partial charge in [0.2, 0.25) is 0 Å². The summed E-state index contributed by atoms with van der Waals surface area (Å²) in [5.41, 5.74) is 15.8. The van der Waals surface area contributed by atoms with Crippen molar-refractivity contribution in [2.75, 3.05) is 0 Å². The summed E-state index contributed by atoms with van der Waals surface area (Å²) in [6, 6.07) is 31.5. The van der Waals surface area contributed by atoms with E-state index in [2.05, 4.69) is 111 Å². The molecule has 0 unspecified atom stereocenters. The summed E-state index contributed by atoms with van der Waals surface area (Å²) in [5.74, 6) is 0. The zero-order valence-electron chi connectivity index (χ0n) is 22.1. The fourth-order valence-corrected chi connectivity index (χ4v) is 7.14. The molecule has 6 aromatic carbocycles. The lowest BCUT2D eigenvalue weighted by atomic mass is 9.79. The van der Waals surface area contributed by atoms with Gasteiger partial charge < -0.3 is 5.73 Å². The highest BCUT2D eigenvalue weighted by atomic mass is 14.6. The number of benzene rings is 6. The van der Waals surface area contributed by atoms with Crippen molar-refractivity contribution in [3.8, 4) is 12.8 Å². The Morgan fingerprint density at radius 2 is 1.15 bits per heavy atom. The minimum atomic E-state index is 0.832. The van der Waals surface area contributed by atoms with E-state index in [9.17, 15) is 0 Å². The van der Waals surface area contributed by atoms with Gasteiger partial charge in [-0.1, -0.05) is 97.1 Å². The fraction of sp³-hybridized carbons (Fsp3) is 0.105. The Bertz CT molecular complexity index is 2150. The van der Waals surface area contributed by atoms with E-state index in [0.29, 0.717) is 0 Å². The standard InChI is InChI=1S/C36H27N.C2H2/c1-20(2)31-29-18-15-24-8-4-6-22-11-12-26(35(29)33(22)24)19-30(31)36(37)28-17-14-25-10-9-21-5-3-7-23-13-16-27(28)34(25)32(21)23;1-2/h3-13,15-16,18H,1,14,17,19,37H2,2H3;1-2H/b36-30+;. The van der Waals surface area contributed by atoms with Crippen molar-refractivity contribution in [2.24, 2.45) is 5.73 Å². The highest BCUT2D eigenvalue weighted by Gasteiger charge is 2.25. The third-order valence-corrected chi connectivity index (χ3v) is 8.71. The number of terminal acetylenes is 1. The second kappa shape index (κ2) is 8.62. The van der Waals surface area contributed by atoms with Crippen molar-refractivity contribution >= 4 is 54.2 Å². The van der Waals surface area contributed by atoms with Crippen LogP contribution in [0.3, 0.4) is 0 Å². The molecule has 0 spiro atoms. The molecule has 1 heteroatoms. The molecule has 0 radical (unpaired) electrons. The second-order valence-corrected chi connectivity index (χ2v) is 10.8. The third kappa shape index (κ3) is 3.22. The van der Waals surface area contributed by atoms with E-state index in [4.69, 9.17) is 5.73 Å². The summed E-state index contributed by atoms with van der Waals surface area (Å²) in [6.07, 6.45) is 10.8. The molecule has 6 aromatic rings. The van der Waals surface area contributed by atoms with Crippen LogP contribution in [0.15, 0.2) is 108 Å². The van der Waals surface area contributed by atoms with Gasteiger partial charge in [-0.2, -0.15) is 0 Å². The molecule has 39 heavy (non-hydrogen) atoms. The molecule has 0 fully saturated rings. The van der Waals surface area contributed by atoms with Gasteiger partial charge in [0, 0.05) is 12.1 Å². The van der Waals surface area contributed by atoms with Crippen LogP contribution in [-0.2, 0) is 12.8 Å². The first-order chi connectivity index (χ1) is 19.1. The Morgan fingerprint density at radius 3 is 1.74 bits per heavy atom. The highest BCUT2D eigenvalue weighted by Crippen LogP contribution is 2.38. The molecule has 0 amide bonds. The number of allylic oxidation sites excluding steroid dienone is 3. The van der Waals surface area contributed by atoms with Gasteiger partial charge in [-0.25, -0.2) is 0 Å². The van der Waals surface area contributed by atoms with Crippen LogP contribution in [0, 0.1) is 12.8 Å². The Balaban J connectivity index is 0.00000124. The quantitative estimate of drug-likeness (QED) is 0.249. The van der Waals surface area contributed by atoms with E-state index in [1.54, 1.807) is 0 Å². The minimum Gasteiger partial charge on any atom is -0.398 e. The Hall–Kier alpha value is -4.80. The van der Waals surface area contributed by atoms with Crippen LogP contribution in [0.2, 0.25) is 0 Å². The molecule has 0 saturated carbocycles. The fourth-order valence-electron chi connectivity index (χ4n) is 7.14. The van der Waals surface area contributed by atoms with E-state index in [1.165, 1.54) is 81.4 Å². The number of rotatable bonds is 2. The minimum absolute atomic E-state index is 0.832. The molecule has 0 aliphatic heterocycles. The monoisotopic (exact) mass is 499 g/mol. The van der Waals surface area contributed by atoms with Crippen molar-refractivity contribution in [1.29, 1.82) is 0 Å². The first kappa shape index (κ1) is 23.3. The largest absolute Gasteiger partial charge is 0.398 e. The van der Waals surface area contributed by atoms with Gasteiger partial charge in [0.15, 0.2) is 0 Å². The van der Waals surface area contributed by atoms with Crippen LogP contribution in [0.25, 0.3) is 54.2 Å². The number of hydrogen-bond acceptors (Lipinski definition) is 1. The molecule has 0 saturated heterocycles. The lowest BCUT2D eigenvalue weighted by Gasteiger charge is -2.26. The molecule has 0 aromatic heterocycles. The van der Waals surface area contributed by atoms with Crippen molar-refractivity contribution in [2.45, 2.75) is 26.2 Å². The summed E-state index contributed by atoms with van der Waals surface area (Å²) in [7, 11) is 0. The third-order valence-electron chi connectivity index (χ3n) is 8.71. The van der Waals surface area contributed by atoms with E-state index in [-0.39, 0.29) is 0 Å². The molecule has 8 rings (SSSR count). The van der Waals surface area contributed by atoms with Gasteiger partial charge in [-0.3, -0.25) is 0 Å². The van der Waals surface area contributed by atoms with Gasteiger partial charge >= 0.3 is 0 Å². The zero-order valence-corrected chi connectivity index (χ0v) is 22.1. The predicted octanol–water partition coefficient (Wildman–Crippen LogP) is 7.28. The number of nitrogens with two attached hydrogens (primary N) is 1. The summed E-state index contributed by atoms with van der Waals surface area (Å²) < 4.78 is 0. The van der Waals surface area contributed by atoms with Gasteiger partial charge in [0.1, 0.15) is 0 Å². The average molecular weight is 500 g/mol. The lowest BCUT2D eigenvalue weighted by Crippen LogP contribution is -2.24. The summed E-state index contributed by atoms with van der Waals surface area (Å²) in [4.78, 5) is 0. The van der Waals surface area contributed by atoms with Crippen molar-refractivity contribution in [3.05, 3.63) is 130 Å². The van der Waals surface area contributed by atoms with E-state index in [0.717, 1.165) is 30.5 Å². The Labute approximate surface area is 228 Å². The smallest absolute Gasteiger partial charge is 0.0395 e. The predicted molar refractivity (Wildman–Crippen MR) is 168 cm³/mol. The highest BCUT2D eigenvalue weighted by molar-refractivity contribution is 6.14. The molecule has 0 atom stereocenters. The molecule has 2 aliphatic carbocycles. The SMILES string of the molecule is C#C.C=C(C)C1=c2ccc3cccc4ccc(c2c43)C/C1=C(\N)C1=c2ccc3cccc4ccc(c2c43)CC1. The summed E-state index contributed by atoms with van der Waals surface area (Å²) >= 11 is 0. The molecular formula is C38H29N. The maximum atomic E-state index is 7.23. The maximum absolute atomic E-state index is 7.23. The van der Waals surface area contributed by atoms with Crippen LogP contribution in [-0.4, -0.2) is 0 Å². The van der Waals surface area contributed by atoms with Crippen LogP contribution >= 0.6 is 0 Å². The summed E-state index contributed by atoms with van der Waals surface area (Å²) in [6.45, 7) is 6.57. The van der Waals surface area contributed by atoms with Crippen LogP contribution in [0.4, 0.5) is 0 Å². The van der Waals surface area contributed by atoms with Gasteiger partial charge in [0.05, 0.1) is 0 Å². The van der Waals surface area contributed by atoms with Crippen LogP contribution in [0.5, 0.6) is 0 Å². The zero-order chi connectivity index (χ0) is 26.8. The van der Waals surface area contributed by atoms with Crippen molar-refractivity contribution < 1.29 is 0 Å². The molecule has 186 valence electrons. The van der Waals surface area contributed by atoms with Crippen molar-refractivity contribution in [1.82, 2.24) is 0 Å². The Kier molecular flexibility index (Phi) is 5.15. The molecule has 0 heterocycles. The molecule has 2 N–H and O–H groups in total. The first-order valence-electron chi connectivity index (χ1n) is 13.5. The van der Waals surface area contributed by atoms with Gasteiger partial charge in [-0.05, 0) is 101 Å². The van der Waals surface area contributed by atoms with Gasteiger partial charge in [-0.15, -0.1) is 12.8 Å². The van der Waals surface area contributed by atoms with Gasteiger partial charge in [0.25, 0.3) is 0 Å². The molecule has 1 nitrogen and oxygen atoms in total. The van der Waals surface area contributed by atoms with E-state index >= 15 is 0 Å². The first-order valence-corrected chi connectivity index (χ1v) is 13.5. The number of aryl methyl sites for hydroxylation is 1. The molecular weight excluding hydrogens is 470 g/mol. The van der Waals surface area contributed by atoms with Crippen LogP contribution < -0.4 is 16.2 Å². The van der Waals surface area contributed by atoms with Crippen molar-refractivity contribution in [3.63, 3.8) is 0 Å². The average Bonchev–Trinajstić information content (AvgIpc) is 2.98. The van der Waals surface area contributed by atoms with E-state index < -0.39 is 0 Å². The lowest BCUT2D eigenvalue weighted by molar-refractivity contribution is 0.989. The number of hydrogen-bond donors (Lipinski definition) is 1. The second-order valence-electron chi connectivity index (χ2n) is 10.8. The van der Waals surface area contributed by atoms with E-state index in [1.807, 2.05) is 0 Å². The molecule has 2 aliphatic rings.